The zero-order valence-electron chi connectivity index (χ0n) is 20.6. The van der Waals surface area contributed by atoms with Crippen LogP contribution in [0, 0.1) is 0 Å². The van der Waals surface area contributed by atoms with Gasteiger partial charge in [0.1, 0.15) is 24.2 Å². The predicted octanol–water partition coefficient (Wildman–Crippen LogP) is 5.59. The molecule has 6 nitrogen and oxygen atoms in total. The standard InChI is InChI=1S/C28H28F3N3O3/c1-3-33(4-2)17-22(35)18-37-23-12-8-11-21(16-23)34-25-14-6-5-13-24(25)26(27(34)36)32-20-10-7-9-19(15-20)28(29,30)31/h5-16,22,35H,3-4,17-18H2,1-2H3. The Balaban J connectivity index is 1.60. The summed E-state index contributed by atoms with van der Waals surface area (Å²) in [6.07, 6.45) is -5.19. The maximum atomic E-state index is 13.5. The minimum Gasteiger partial charge on any atom is -0.491 e. The summed E-state index contributed by atoms with van der Waals surface area (Å²) in [5.74, 6) is 0.0157. The van der Waals surface area contributed by atoms with E-state index in [-0.39, 0.29) is 18.0 Å². The molecule has 0 saturated heterocycles. The second kappa shape index (κ2) is 11.1. The number of carbonyl (C=O) groups excluding carboxylic acids is 1. The van der Waals surface area contributed by atoms with E-state index in [1.54, 1.807) is 48.5 Å². The van der Waals surface area contributed by atoms with Gasteiger partial charge in [-0.3, -0.25) is 9.69 Å². The van der Waals surface area contributed by atoms with Gasteiger partial charge in [0.25, 0.3) is 5.91 Å². The van der Waals surface area contributed by atoms with Gasteiger partial charge in [0.2, 0.25) is 0 Å². The number of anilines is 2. The van der Waals surface area contributed by atoms with Gasteiger partial charge in [-0.1, -0.05) is 44.2 Å². The van der Waals surface area contributed by atoms with Gasteiger partial charge >= 0.3 is 6.18 Å². The van der Waals surface area contributed by atoms with Crippen molar-refractivity contribution in [3.05, 3.63) is 83.9 Å². The van der Waals surface area contributed by atoms with Crippen LogP contribution in [0.2, 0.25) is 0 Å². The van der Waals surface area contributed by atoms with E-state index in [4.69, 9.17) is 4.74 Å². The number of rotatable bonds is 9. The number of carbonyl (C=O) groups is 1. The van der Waals surface area contributed by atoms with Crippen LogP contribution in [0.25, 0.3) is 0 Å². The Morgan fingerprint density at radius 1 is 1.00 bits per heavy atom. The highest BCUT2D eigenvalue weighted by molar-refractivity contribution is 6.56. The number of alkyl halides is 3. The molecular weight excluding hydrogens is 483 g/mol. The second-order valence-corrected chi connectivity index (χ2v) is 8.61. The molecule has 0 saturated carbocycles. The highest BCUT2D eigenvalue weighted by Crippen LogP contribution is 2.38. The molecule has 194 valence electrons. The van der Waals surface area contributed by atoms with Gasteiger partial charge in [0, 0.05) is 18.2 Å². The molecule has 3 aromatic carbocycles. The van der Waals surface area contributed by atoms with Crippen molar-refractivity contribution in [2.45, 2.75) is 26.1 Å². The number of benzene rings is 3. The van der Waals surface area contributed by atoms with E-state index >= 15 is 0 Å². The molecular formula is C28H28F3N3O3. The molecule has 1 aliphatic heterocycles. The smallest absolute Gasteiger partial charge is 0.416 e. The third kappa shape index (κ3) is 6.00. The van der Waals surface area contributed by atoms with Crippen LogP contribution in [0.5, 0.6) is 5.75 Å². The number of para-hydroxylation sites is 1. The molecule has 0 bridgehead atoms. The average molecular weight is 512 g/mol. The molecule has 9 heteroatoms. The van der Waals surface area contributed by atoms with Gasteiger partial charge in [-0.05, 0) is 49.5 Å². The molecule has 0 aliphatic carbocycles. The first kappa shape index (κ1) is 26.4. The number of aliphatic imine (C=N–C) groups is 1. The molecule has 1 N–H and O–H groups in total. The SMILES string of the molecule is CCN(CC)CC(O)COc1cccc(N2C(=O)C(=Nc3cccc(C(F)(F)F)c3)c3ccccc32)c1. The molecule has 0 aromatic heterocycles. The van der Waals surface area contributed by atoms with Gasteiger partial charge in [0.05, 0.1) is 22.6 Å². The number of likely N-dealkylation sites (N-methyl/N-ethyl adjacent to an activating group) is 1. The summed E-state index contributed by atoms with van der Waals surface area (Å²) in [5, 5.41) is 10.3. The fourth-order valence-electron chi connectivity index (χ4n) is 4.18. The summed E-state index contributed by atoms with van der Waals surface area (Å²) in [4.78, 5) is 21.4. The number of nitrogens with zero attached hydrogens (tertiary/aromatic N) is 3. The van der Waals surface area contributed by atoms with Crippen molar-refractivity contribution in [1.82, 2.24) is 4.90 Å². The third-order valence-electron chi connectivity index (χ3n) is 6.10. The quantitative estimate of drug-likeness (QED) is 0.407. The van der Waals surface area contributed by atoms with Gasteiger partial charge in [-0.25, -0.2) is 4.99 Å². The fraction of sp³-hybridized carbons (Fsp3) is 0.286. The lowest BCUT2D eigenvalue weighted by atomic mass is 10.1. The van der Waals surface area contributed by atoms with E-state index in [1.807, 2.05) is 13.8 Å². The Morgan fingerprint density at radius 3 is 2.46 bits per heavy atom. The largest absolute Gasteiger partial charge is 0.491 e. The van der Waals surface area contributed by atoms with E-state index in [2.05, 4.69) is 9.89 Å². The number of aliphatic hydroxyl groups excluding tert-OH is 1. The number of amides is 1. The van der Waals surface area contributed by atoms with E-state index in [9.17, 15) is 23.1 Å². The van der Waals surface area contributed by atoms with Gasteiger partial charge in [-0.15, -0.1) is 0 Å². The normalized spacial score (nSPS) is 15.4. The van der Waals surface area contributed by atoms with E-state index in [0.29, 0.717) is 29.2 Å². The van der Waals surface area contributed by atoms with Crippen molar-refractivity contribution in [2.75, 3.05) is 31.1 Å². The fourth-order valence-corrected chi connectivity index (χ4v) is 4.18. The van der Waals surface area contributed by atoms with Gasteiger partial charge in [-0.2, -0.15) is 13.2 Å². The first-order chi connectivity index (χ1) is 17.7. The van der Waals surface area contributed by atoms with Gasteiger partial charge in [0.15, 0.2) is 0 Å². The molecule has 1 heterocycles. The molecule has 4 rings (SSSR count). The highest BCUT2D eigenvalue weighted by Gasteiger charge is 2.35. The minimum absolute atomic E-state index is 0.0362. The zero-order chi connectivity index (χ0) is 26.6. The molecule has 0 spiro atoms. The average Bonchev–Trinajstić information content (AvgIpc) is 3.17. The van der Waals surface area contributed by atoms with Crippen molar-refractivity contribution in [2.24, 2.45) is 4.99 Å². The third-order valence-corrected chi connectivity index (χ3v) is 6.10. The topological polar surface area (TPSA) is 65.4 Å². The lowest BCUT2D eigenvalue weighted by molar-refractivity contribution is -0.137. The summed E-state index contributed by atoms with van der Waals surface area (Å²) < 4.78 is 45.3. The summed E-state index contributed by atoms with van der Waals surface area (Å²) in [7, 11) is 0. The summed E-state index contributed by atoms with van der Waals surface area (Å²) in [6.45, 7) is 6.27. The monoisotopic (exact) mass is 511 g/mol. The van der Waals surface area contributed by atoms with E-state index < -0.39 is 23.8 Å². The van der Waals surface area contributed by atoms with Crippen LogP contribution in [-0.4, -0.2) is 54.0 Å². The zero-order valence-corrected chi connectivity index (χ0v) is 20.6. The van der Waals surface area contributed by atoms with E-state index in [1.165, 1.54) is 17.0 Å². The first-order valence-corrected chi connectivity index (χ1v) is 12.0. The van der Waals surface area contributed by atoms with Crippen LogP contribution in [-0.2, 0) is 11.0 Å². The Bertz CT molecular complexity index is 1290. The summed E-state index contributed by atoms with van der Waals surface area (Å²) >= 11 is 0. The summed E-state index contributed by atoms with van der Waals surface area (Å²) in [5.41, 5.74) is 0.855. The van der Waals surface area contributed by atoms with Crippen LogP contribution in [0.4, 0.5) is 30.2 Å². The highest BCUT2D eigenvalue weighted by atomic mass is 19.4. The van der Waals surface area contributed by atoms with Crippen LogP contribution in [0.1, 0.15) is 25.0 Å². The van der Waals surface area contributed by atoms with Crippen molar-refractivity contribution in [3.63, 3.8) is 0 Å². The molecule has 1 unspecified atom stereocenters. The number of ether oxygens (including phenoxy) is 1. The van der Waals surface area contributed by atoms with Crippen molar-refractivity contribution in [1.29, 1.82) is 0 Å². The van der Waals surface area contributed by atoms with Crippen LogP contribution >= 0.6 is 0 Å². The Morgan fingerprint density at radius 2 is 1.73 bits per heavy atom. The number of hydrogen-bond acceptors (Lipinski definition) is 5. The maximum Gasteiger partial charge on any atom is 0.416 e. The maximum absolute atomic E-state index is 13.5. The van der Waals surface area contributed by atoms with Crippen LogP contribution in [0.15, 0.2) is 77.8 Å². The number of halogens is 3. The molecule has 0 fully saturated rings. The molecule has 37 heavy (non-hydrogen) atoms. The predicted molar refractivity (Wildman–Crippen MR) is 137 cm³/mol. The summed E-state index contributed by atoms with van der Waals surface area (Å²) in [6, 6.07) is 18.5. The van der Waals surface area contributed by atoms with E-state index in [0.717, 1.165) is 25.2 Å². The van der Waals surface area contributed by atoms with Crippen molar-refractivity contribution >= 4 is 28.7 Å². The number of hydrogen-bond donors (Lipinski definition) is 1. The molecule has 1 amide bonds. The lowest BCUT2D eigenvalue weighted by Crippen LogP contribution is -2.35. The molecule has 0 radical (unpaired) electrons. The first-order valence-electron chi connectivity index (χ1n) is 12.0. The van der Waals surface area contributed by atoms with Crippen LogP contribution < -0.4 is 9.64 Å². The minimum atomic E-state index is -4.51. The van der Waals surface area contributed by atoms with Gasteiger partial charge < -0.3 is 14.7 Å². The van der Waals surface area contributed by atoms with Crippen molar-refractivity contribution < 1.29 is 27.8 Å². The number of aliphatic hydroxyl groups is 1. The molecule has 3 aromatic rings. The Labute approximate surface area is 213 Å². The Hall–Kier alpha value is -3.69. The van der Waals surface area contributed by atoms with Crippen molar-refractivity contribution in [3.8, 4) is 5.75 Å². The lowest BCUT2D eigenvalue weighted by Gasteiger charge is -2.22. The van der Waals surface area contributed by atoms with Crippen LogP contribution in [0.3, 0.4) is 0 Å². The molecule has 1 aliphatic rings. The number of fused-ring (bicyclic) bond motifs is 1. The Kier molecular flexibility index (Phi) is 7.94. The molecule has 1 atom stereocenters. The second-order valence-electron chi connectivity index (χ2n) is 8.61.